The lowest BCUT2D eigenvalue weighted by Crippen LogP contribution is -2.35. The van der Waals surface area contributed by atoms with Crippen molar-refractivity contribution in [2.75, 3.05) is 0 Å². The van der Waals surface area contributed by atoms with Crippen molar-refractivity contribution >= 4 is 0 Å². The minimum absolute atomic E-state index is 0.575. The summed E-state index contributed by atoms with van der Waals surface area (Å²) in [6, 6.07) is 0.575. The van der Waals surface area contributed by atoms with Crippen LogP contribution in [-0.2, 0) is 0 Å². The Bertz CT molecular complexity index is 263. The van der Waals surface area contributed by atoms with Gasteiger partial charge in [-0.2, -0.15) is 0 Å². The van der Waals surface area contributed by atoms with Gasteiger partial charge in [0, 0.05) is 12.2 Å². The van der Waals surface area contributed by atoms with E-state index in [1.54, 1.807) is 5.57 Å². The maximum Gasteiger partial charge on any atom is 0.0496 e. The minimum atomic E-state index is 0.575. The van der Waals surface area contributed by atoms with Gasteiger partial charge < -0.3 is 5.32 Å². The maximum atomic E-state index is 3.61. The van der Waals surface area contributed by atoms with Gasteiger partial charge in [0.05, 0.1) is 0 Å². The summed E-state index contributed by atoms with van der Waals surface area (Å²) in [6.45, 7) is 9.14. The molecule has 0 spiro atoms. The fraction of sp³-hybridized carbons (Fsp3) is 0.733. The Morgan fingerprint density at radius 1 is 1.19 bits per heavy atom. The van der Waals surface area contributed by atoms with Crippen LogP contribution in [0.25, 0.3) is 0 Å². The van der Waals surface area contributed by atoms with Gasteiger partial charge in [-0.25, -0.2) is 0 Å². The van der Waals surface area contributed by atoms with E-state index in [1.807, 2.05) is 0 Å². The maximum absolute atomic E-state index is 3.61. The summed E-state index contributed by atoms with van der Waals surface area (Å²) in [5.74, 6) is 0.734. The summed E-state index contributed by atoms with van der Waals surface area (Å²) in [5, 5.41) is 3.61. The number of hydrogen-bond acceptors (Lipinski definition) is 1. The van der Waals surface area contributed by atoms with Crippen molar-refractivity contribution in [1.82, 2.24) is 5.32 Å². The highest BCUT2D eigenvalue weighted by Gasteiger charge is 2.21. The molecule has 1 nitrogen and oxygen atoms in total. The van der Waals surface area contributed by atoms with Crippen LogP contribution in [0.15, 0.2) is 23.4 Å². The van der Waals surface area contributed by atoms with Crippen LogP contribution in [0, 0.1) is 5.92 Å². The number of rotatable bonds is 6. The summed E-state index contributed by atoms with van der Waals surface area (Å²) in [6.07, 6.45) is 10.9. The molecule has 92 valence electrons. The Balaban J connectivity index is 2.74. The van der Waals surface area contributed by atoms with Crippen molar-refractivity contribution in [3.8, 4) is 0 Å². The van der Waals surface area contributed by atoms with E-state index in [9.17, 15) is 0 Å². The van der Waals surface area contributed by atoms with Crippen LogP contribution < -0.4 is 5.32 Å². The van der Waals surface area contributed by atoms with Crippen LogP contribution in [0.5, 0.6) is 0 Å². The van der Waals surface area contributed by atoms with E-state index in [0.717, 1.165) is 5.92 Å². The molecule has 1 N–H and O–H groups in total. The lowest BCUT2D eigenvalue weighted by Gasteiger charge is -2.30. The molecule has 0 fully saturated rings. The SMILES string of the molecule is CCCC1=CNC(C(C)CC)C(CCC)=C1. The van der Waals surface area contributed by atoms with Crippen LogP contribution in [-0.4, -0.2) is 6.04 Å². The lowest BCUT2D eigenvalue weighted by molar-refractivity contribution is 0.428. The highest BCUT2D eigenvalue weighted by Crippen LogP contribution is 2.25. The molecule has 0 amide bonds. The molecule has 0 aromatic rings. The molecule has 0 aliphatic carbocycles. The van der Waals surface area contributed by atoms with Gasteiger partial charge in [-0.05, 0) is 29.9 Å². The Morgan fingerprint density at radius 3 is 2.44 bits per heavy atom. The van der Waals surface area contributed by atoms with Crippen molar-refractivity contribution in [2.24, 2.45) is 5.92 Å². The van der Waals surface area contributed by atoms with E-state index in [1.165, 1.54) is 37.7 Å². The largest absolute Gasteiger partial charge is 0.384 e. The van der Waals surface area contributed by atoms with E-state index in [4.69, 9.17) is 0 Å². The second-order valence-electron chi connectivity index (χ2n) is 4.97. The summed E-state index contributed by atoms with van der Waals surface area (Å²) >= 11 is 0. The van der Waals surface area contributed by atoms with Crippen LogP contribution >= 0.6 is 0 Å². The second kappa shape index (κ2) is 6.78. The molecular formula is C15H27N. The zero-order valence-electron chi connectivity index (χ0n) is 11.3. The third-order valence-corrected chi connectivity index (χ3v) is 3.51. The Labute approximate surface area is 101 Å². The van der Waals surface area contributed by atoms with Gasteiger partial charge in [0.1, 0.15) is 0 Å². The zero-order valence-corrected chi connectivity index (χ0v) is 11.3. The first-order valence-corrected chi connectivity index (χ1v) is 6.88. The molecule has 1 heterocycles. The van der Waals surface area contributed by atoms with Crippen LogP contribution in [0.1, 0.15) is 59.8 Å². The van der Waals surface area contributed by atoms with E-state index >= 15 is 0 Å². The zero-order chi connectivity index (χ0) is 12.0. The van der Waals surface area contributed by atoms with Gasteiger partial charge in [0.25, 0.3) is 0 Å². The van der Waals surface area contributed by atoms with Gasteiger partial charge in [0.2, 0.25) is 0 Å². The van der Waals surface area contributed by atoms with Crippen LogP contribution in [0.2, 0.25) is 0 Å². The predicted molar refractivity (Wildman–Crippen MR) is 72.4 cm³/mol. The summed E-state index contributed by atoms with van der Waals surface area (Å²) < 4.78 is 0. The average Bonchev–Trinajstić information content (AvgIpc) is 2.29. The van der Waals surface area contributed by atoms with E-state index in [2.05, 4.69) is 45.3 Å². The average molecular weight is 221 g/mol. The van der Waals surface area contributed by atoms with Gasteiger partial charge in [0.15, 0.2) is 0 Å². The standard InChI is InChI=1S/C15H27N/c1-5-8-13-10-14(9-6-2)15(16-11-13)12(4)7-3/h10-12,15-16H,5-9H2,1-4H3. The molecule has 16 heavy (non-hydrogen) atoms. The number of dihydropyridines is 1. The number of nitrogens with one attached hydrogen (secondary N) is 1. The third kappa shape index (κ3) is 3.40. The first-order chi connectivity index (χ1) is 7.72. The molecule has 0 saturated carbocycles. The molecule has 1 heteroatoms. The van der Waals surface area contributed by atoms with E-state index in [-0.39, 0.29) is 0 Å². The van der Waals surface area contributed by atoms with Crippen LogP contribution in [0.4, 0.5) is 0 Å². The summed E-state index contributed by atoms with van der Waals surface area (Å²) in [4.78, 5) is 0. The Morgan fingerprint density at radius 2 is 1.88 bits per heavy atom. The smallest absolute Gasteiger partial charge is 0.0496 e. The molecule has 1 rings (SSSR count). The number of hydrogen-bond donors (Lipinski definition) is 1. The summed E-state index contributed by atoms with van der Waals surface area (Å²) in [7, 11) is 0. The van der Waals surface area contributed by atoms with Gasteiger partial charge >= 0.3 is 0 Å². The minimum Gasteiger partial charge on any atom is -0.384 e. The van der Waals surface area contributed by atoms with E-state index < -0.39 is 0 Å². The molecule has 1 aliphatic heterocycles. The highest BCUT2D eigenvalue weighted by atomic mass is 14.9. The van der Waals surface area contributed by atoms with Crippen molar-refractivity contribution in [1.29, 1.82) is 0 Å². The first kappa shape index (κ1) is 13.3. The second-order valence-corrected chi connectivity index (χ2v) is 4.97. The molecule has 0 saturated heterocycles. The highest BCUT2D eigenvalue weighted by molar-refractivity contribution is 5.31. The summed E-state index contributed by atoms with van der Waals surface area (Å²) in [5.41, 5.74) is 3.09. The fourth-order valence-electron chi connectivity index (χ4n) is 2.39. The van der Waals surface area contributed by atoms with Gasteiger partial charge in [-0.3, -0.25) is 0 Å². The van der Waals surface area contributed by atoms with Crippen molar-refractivity contribution in [3.63, 3.8) is 0 Å². The molecule has 2 atom stereocenters. The van der Waals surface area contributed by atoms with Gasteiger partial charge in [-0.1, -0.05) is 53.0 Å². The predicted octanol–water partition coefficient (Wildman–Crippen LogP) is 4.41. The normalized spacial score (nSPS) is 22.1. The first-order valence-electron chi connectivity index (χ1n) is 6.88. The lowest BCUT2D eigenvalue weighted by atomic mass is 9.86. The van der Waals surface area contributed by atoms with Crippen LogP contribution in [0.3, 0.4) is 0 Å². The van der Waals surface area contributed by atoms with Crippen molar-refractivity contribution in [3.05, 3.63) is 23.4 Å². The molecule has 2 unspecified atom stereocenters. The van der Waals surface area contributed by atoms with Crippen molar-refractivity contribution in [2.45, 2.75) is 65.8 Å². The van der Waals surface area contributed by atoms with Crippen molar-refractivity contribution < 1.29 is 0 Å². The number of allylic oxidation sites excluding steroid dienone is 2. The van der Waals surface area contributed by atoms with E-state index in [0.29, 0.717) is 6.04 Å². The van der Waals surface area contributed by atoms with Gasteiger partial charge in [-0.15, -0.1) is 0 Å². The quantitative estimate of drug-likeness (QED) is 0.700. The Hall–Kier alpha value is -0.720. The Kier molecular flexibility index (Phi) is 5.65. The molecule has 0 bridgehead atoms. The monoisotopic (exact) mass is 221 g/mol. The molecule has 0 aromatic heterocycles. The molecule has 0 aromatic carbocycles. The third-order valence-electron chi connectivity index (χ3n) is 3.51. The molecule has 1 aliphatic rings. The molecular weight excluding hydrogens is 194 g/mol. The topological polar surface area (TPSA) is 12.0 Å². The molecule has 0 radical (unpaired) electrons. The fourth-order valence-corrected chi connectivity index (χ4v) is 2.39.